The van der Waals surface area contributed by atoms with Crippen molar-refractivity contribution in [3.8, 4) is 0 Å². The quantitative estimate of drug-likeness (QED) is 0.596. The molecule has 5 heteroatoms. The van der Waals surface area contributed by atoms with E-state index in [9.17, 15) is 9.59 Å². The van der Waals surface area contributed by atoms with E-state index < -0.39 is 11.9 Å². The van der Waals surface area contributed by atoms with Gasteiger partial charge in [0.05, 0.1) is 13.0 Å². The lowest BCUT2D eigenvalue weighted by atomic mass is 10.2. The summed E-state index contributed by atoms with van der Waals surface area (Å²) < 4.78 is 4.74. The number of ether oxygens (including phenoxy) is 1. The topological polar surface area (TPSA) is 75.6 Å². The molecule has 0 bridgehead atoms. The summed E-state index contributed by atoms with van der Waals surface area (Å²) in [5.41, 5.74) is 1.00. The van der Waals surface area contributed by atoms with Gasteiger partial charge in [-0.3, -0.25) is 4.79 Å². The fourth-order valence-corrected chi connectivity index (χ4v) is 1.33. The molecule has 0 aromatic heterocycles. The van der Waals surface area contributed by atoms with Gasteiger partial charge in [0.25, 0.3) is 0 Å². The summed E-state index contributed by atoms with van der Waals surface area (Å²) in [6.07, 6.45) is 0.887. The van der Waals surface area contributed by atoms with Crippen LogP contribution in [0.1, 0.15) is 13.3 Å². The van der Waals surface area contributed by atoms with Crippen LogP contribution in [0.15, 0.2) is 42.1 Å². The van der Waals surface area contributed by atoms with E-state index in [0.29, 0.717) is 5.69 Å². The molecule has 18 heavy (non-hydrogen) atoms. The fourth-order valence-electron chi connectivity index (χ4n) is 1.33. The molecule has 0 aliphatic rings. The summed E-state index contributed by atoms with van der Waals surface area (Å²) in [6.45, 7) is 1.94. The first-order valence-corrected chi connectivity index (χ1v) is 5.53. The van der Waals surface area contributed by atoms with Gasteiger partial charge in [0.1, 0.15) is 0 Å². The lowest BCUT2D eigenvalue weighted by Gasteiger charge is -2.08. The third kappa shape index (κ3) is 5.16. The first kappa shape index (κ1) is 13.8. The molecule has 0 aliphatic carbocycles. The number of benzene rings is 1. The second kappa shape index (κ2) is 7.11. The number of rotatable bonds is 6. The Hall–Kier alpha value is -2.30. The van der Waals surface area contributed by atoms with E-state index in [1.54, 1.807) is 19.1 Å². The van der Waals surface area contributed by atoms with Gasteiger partial charge < -0.3 is 15.2 Å². The van der Waals surface area contributed by atoms with Crippen molar-refractivity contribution < 1.29 is 19.4 Å². The predicted octanol–water partition coefficient (Wildman–Crippen LogP) is 2.02. The van der Waals surface area contributed by atoms with Gasteiger partial charge in [-0.15, -0.1) is 0 Å². The molecule has 0 unspecified atom stereocenters. The average Bonchev–Trinajstić information content (AvgIpc) is 2.29. The fraction of sp³-hybridized carbons (Fsp3) is 0.231. The van der Waals surface area contributed by atoms with Crippen LogP contribution in [0.5, 0.6) is 0 Å². The number of esters is 1. The van der Waals surface area contributed by atoms with Gasteiger partial charge in [0.2, 0.25) is 0 Å². The number of carbonyl (C=O) groups excluding carboxylic acids is 1. The maximum absolute atomic E-state index is 11.3. The van der Waals surface area contributed by atoms with E-state index in [2.05, 4.69) is 5.32 Å². The minimum absolute atomic E-state index is 0.251. The van der Waals surface area contributed by atoms with Gasteiger partial charge in [0, 0.05) is 17.5 Å². The van der Waals surface area contributed by atoms with E-state index in [1.165, 1.54) is 0 Å². The van der Waals surface area contributed by atoms with Crippen molar-refractivity contribution in [1.82, 2.24) is 0 Å². The number of hydrogen-bond donors (Lipinski definition) is 2. The first-order chi connectivity index (χ1) is 8.61. The molecule has 0 saturated heterocycles. The Morgan fingerprint density at radius 2 is 2.00 bits per heavy atom. The zero-order chi connectivity index (χ0) is 13.4. The van der Waals surface area contributed by atoms with E-state index in [1.807, 2.05) is 18.2 Å². The number of carboxylic acid groups (broad SMARTS) is 1. The monoisotopic (exact) mass is 249 g/mol. The standard InChI is InChI=1S/C13H15NO4/c1-2-18-13(17)9-11(8-12(15)16)14-10-6-4-3-5-7-10/h3-7,9,14H,2,8H2,1H3,(H,15,16). The Morgan fingerprint density at radius 3 is 2.56 bits per heavy atom. The van der Waals surface area contributed by atoms with Crippen LogP contribution < -0.4 is 5.32 Å². The van der Waals surface area contributed by atoms with Crippen molar-refractivity contribution in [2.75, 3.05) is 11.9 Å². The lowest BCUT2D eigenvalue weighted by molar-refractivity contribution is -0.137. The lowest BCUT2D eigenvalue weighted by Crippen LogP contribution is -2.10. The second-order valence-electron chi connectivity index (χ2n) is 3.48. The minimum Gasteiger partial charge on any atom is -0.481 e. The Balaban J connectivity index is 2.78. The van der Waals surface area contributed by atoms with Crippen molar-refractivity contribution in [3.63, 3.8) is 0 Å². The summed E-state index contributed by atoms with van der Waals surface area (Å²) in [6, 6.07) is 9.02. The van der Waals surface area contributed by atoms with Gasteiger partial charge >= 0.3 is 11.9 Å². The number of carboxylic acids is 1. The van der Waals surface area contributed by atoms with E-state index in [0.717, 1.165) is 6.08 Å². The molecule has 96 valence electrons. The maximum atomic E-state index is 11.3. The number of para-hydroxylation sites is 1. The summed E-state index contributed by atoms with van der Waals surface area (Å²) in [7, 11) is 0. The highest BCUT2D eigenvalue weighted by Gasteiger charge is 2.07. The molecule has 0 saturated carbocycles. The van der Waals surface area contributed by atoms with Crippen molar-refractivity contribution in [1.29, 1.82) is 0 Å². The molecular weight excluding hydrogens is 234 g/mol. The average molecular weight is 249 g/mol. The zero-order valence-corrected chi connectivity index (χ0v) is 10.1. The molecule has 5 nitrogen and oxygen atoms in total. The minimum atomic E-state index is -1.02. The Bertz CT molecular complexity index is 440. The van der Waals surface area contributed by atoms with Crippen LogP contribution in [0, 0.1) is 0 Å². The molecular formula is C13H15NO4. The Morgan fingerprint density at radius 1 is 1.33 bits per heavy atom. The predicted molar refractivity (Wildman–Crippen MR) is 67.0 cm³/mol. The van der Waals surface area contributed by atoms with Gasteiger partial charge in [-0.1, -0.05) is 18.2 Å². The molecule has 0 radical (unpaired) electrons. The van der Waals surface area contributed by atoms with E-state index >= 15 is 0 Å². The largest absolute Gasteiger partial charge is 0.481 e. The van der Waals surface area contributed by atoms with Gasteiger partial charge in [-0.05, 0) is 19.1 Å². The van der Waals surface area contributed by atoms with Crippen LogP contribution in [0.25, 0.3) is 0 Å². The molecule has 0 heterocycles. The number of aliphatic carboxylic acids is 1. The Kier molecular flexibility index (Phi) is 5.44. The second-order valence-corrected chi connectivity index (χ2v) is 3.48. The Labute approximate surface area is 105 Å². The molecule has 0 spiro atoms. The van der Waals surface area contributed by atoms with Crippen molar-refractivity contribution >= 4 is 17.6 Å². The third-order valence-corrected chi connectivity index (χ3v) is 2.00. The first-order valence-electron chi connectivity index (χ1n) is 5.53. The maximum Gasteiger partial charge on any atom is 0.332 e. The molecule has 1 aromatic rings. The van der Waals surface area contributed by atoms with Gasteiger partial charge in [-0.2, -0.15) is 0 Å². The van der Waals surface area contributed by atoms with Crippen LogP contribution in [0.3, 0.4) is 0 Å². The van der Waals surface area contributed by atoms with Gasteiger partial charge in [-0.25, -0.2) is 4.79 Å². The van der Waals surface area contributed by atoms with Crippen molar-refractivity contribution in [2.24, 2.45) is 0 Å². The molecule has 1 aromatic carbocycles. The molecule has 2 N–H and O–H groups in total. The van der Waals surface area contributed by atoms with E-state index in [4.69, 9.17) is 9.84 Å². The van der Waals surface area contributed by atoms with Crippen LogP contribution >= 0.6 is 0 Å². The normalized spacial score (nSPS) is 10.8. The highest BCUT2D eigenvalue weighted by atomic mass is 16.5. The molecule has 0 amide bonds. The summed E-state index contributed by atoms with van der Waals surface area (Å²) >= 11 is 0. The van der Waals surface area contributed by atoms with Crippen LogP contribution in [-0.2, 0) is 14.3 Å². The van der Waals surface area contributed by atoms with Crippen LogP contribution in [0.2, 0.25) is 0 Å². The summed E-state index contributed by atoms with van der Waals surface area (Å²) in [5.74, 6) is -1.58. The molecule has 0 aliphatic heterocycles. The summed E-state index contributed by atoms with van der Waals surface area (Å²) in [5, 5.41) is 11.7. The van der Waals surface area contributed by atoms with Crippen LogP contribution in [-0.4, -0.2) is 23.7 Å². The third-order valence-electron chi connectivity index (χ3n) is 2.00. The van der Waals surface area contributed by atoms with Crippen LogP contribution in [0.4, 0.5) is 5.69 Å². The summed E-state index contributed by atoms with van der Waals surface area (Å²) in [4.78, 5) is 22.0. The number of nitrogens with one attached hydrogen (secondary N) is 1. The van der Waals surface area contributed by atoms with Crippen molar-refractivity contribution in [3.05, 3.63) is 42.1 Å². The smallest absolute Gasteiger partial charge is 0.332 e. The van der Waals surface area contributed by atoms with Gasteiger partial charge in [0.15, 0.2) is 0 Å². The number of hydrogen-bond acceptors (Lipinski definition) is 4. The highest BCUT2D eigenvalue weighted by molar-refractivity contribution is 5.85. The molecule has 1 rings (SSSR count). The number of anilines is 1. The molecule has 0 atom stereocenters. The SMILES string of the molecule is CCOC(=O)C=C(CC(=O)O)Nc1ccccc1. The molecule has 0 fully saturated rings. The highest BCUT2D eigenvalue weighted by Crippen LogP contribution is 2.11. The number of carbonyl (C=O) groups is 2. The van der Waals surface area contributed by atoms with Crippen molar-refractivity contribution in [2.45, 2.75) is 13.3 Å². The zero-order valence-electron chi connectivity index (χ0n) is 10.1. The van der Waals surface area contributed by atoms with E-state index in [-0.39, 0.29) is 18.7 Å².